The molecule has 2 aromatic carbocycles. The largest absolute Gasteiger partial charge is 0.416 e. The summed E-state index contributed by atoms with van der Waals surface area (Å²) in [6.07, 6.45) is -2.76. The number of nitrogens with one attached hydrogen (secondary N) is 2. The number of hydrogen-bond acceptors (Lipinski definition) is 4. The fraction of sp³-hybridized carbons (Fsp3) is 0.0588. The van der Waals surface area contributed by atoms with E-state index >= 15 is 0 Å². The van der Waals surface area contributed by atoms with Gasteiger partial charge in [0, 0.05) is 11.4 Å². The summed E-state index contributed by atoms with van der Waals surface area (Å²) in [5.74, 6) is -0.288. The number of benzene rings is 2. The SMILES string of the molecule is O=C1NC(=S)SC1=Cc1ccccc1Nc1cccc(C(F)(F)F)c1. The Balaban J connectivity index is 1.91. The summed E-state index contributed by atoms with van der Waals surface area (Å²) in [6, 6.07) is 12.0. The van der Waals surface area contributed by atoms with E-state index in [-0.39, 0.29) is 5.91 Å². The van der Waals surface area contributed by atoms with Gasteiger partial charge in [-0.3, -0.25) is 4.79 Å². The molecule has 0 saturated carbocycles. The van der Waals surface area contributed by atoms with Gasteiger partial charge in [-0.25, -0.2) is 0 Å². The van der Waals surface area contributed by atoms with Crippen LogP contribution < -0.4 is 10.6 Å². The molecule has 1 aliphatic rings. The van der Waals surface area contributed by atoms with E-state index in [4.69, 9.17) is 12.2 Å². The summed E-state index contributed by atoms with van der Waals surface area (Å²) < 4.78 is 38.9. The van der Waals surface area contributed by atoms with E-state index in [9.17, 15) is 18.0 Å². The summed E-state index contributed by atoms with van der Waals surface area (Å²) in [7, 11) is 0. The van der Waals surface area contributed by atoms with Crippen LogP contribution in [0.4, 0.5) is 24.5 Å². The van der Waals surface area contributed by atoms with Gasteiger partial charge in [-0.2, -0.15) is 13.2 Å². The number of hydrogen-bond donors (Lipinski definition) is 2. The van der Waals surface area contributed by atoms with Crippen molar-refractivity contribution >= 4 is 51.7 Å². The molecule has 25 heavy (non-hydrogen) atoms. The van der Waals surface area contributed by atoms with Gasteiger partial charge in [-0.05, 0) is 35.9 Å². The first kappa shape index (κ1) is 17.5. The van der Waals surface area contributed by atoms with Gasteiger partial charge < -0.3 is 10.6 Å². The van der Waals surface area contributed by atoms with Crippen molar-refractivity contribution in [3.05, 3.63) is 64.6 Å². The molecule has 0 aromatic heterocycles. The first-order valence-corrected chi connectivity index (χ1v) is 8.33. The Morgan fingerprint density at radius 3 is 2.56 bits per heavy atom. The van der Waals surface area contributed by atoms with Gasteiger partial charge in [-0.1, -0.05) is 48.2 Å². The molecule has 3 rings (SSSR count). The van der Waals surface area contributed by atoms with Gasteiger partial charge in [0.05, 0.1) is 10.5 Å². The molecule has 0 atom stereocenters. The molecule has 1 fully saturated rings. The fourth-order valence-corrected chi connectivity index (χ4v) is 3.26. The first-order valence-electron chi connectivity index (χ1n) is 7.11. The lowest BCUT2D eigenvalue weighted by atomic mass is 10.1. The molecule has 2 aromatic rings. The quantitative estimate of drug-likeness (QED) is 0.585. The van der Waals surface area contributed by atoms with Crippen LogP contribution in [0.15, 0.2) is 53.4 Å². The molecular formula is C17H11F3N2OS2. The molecule has 0 aliphatic carbocycles. The van der Waals surface area contributed by atoms with Crippen molar-refractivity contribution in [2.24, 2.45) is 0 Å². The third kappa shape index (κ3) is 4.21. The van der Waals surface area contributed by atoms with Crippen LogP contribution in [0.5, 0.6) is 0 Å². The summed E-state index contributed by atoms with van der Waals surface area (Å²) >= 11 is 6.09. The summed E-state index contributed by atoms with van der Waals surface area (Å²) in [5.41, 5.74) is 0.826. The van der Waals surface area contributed by atoms with Gasteiger partial charge in [0.2, 0.25) is 0 Å². The molecule has 0 bridgehead atoms. The highest BCUT2D eigenvalue weighted by molar-refractivity contribution is 8.26. The molecule has 8 heteroatoms. The third-order valence-electron chi connectivity index (χ3n) is 3.36. The van der Waals surface area contributed by atoms with Gasteiger partial charge in [-0.15, -0.1) is 0 Å². The highest BCUT2D eigenvalue weighted by Gasteiger charge is 2.30. The predicted octanol–water partition coefficient (Wildman–Crippen LogP) is 4.94. The lowest BCUT2D eigenvalue weighted by molar-refractivity contribution is -0.137. The van der Waals surface area contributed by atoms with E-state index in [0.717, 1.165) is 23.9 Å². The molecular weight excluding hydrogens is 369 g/mol. The molecule has 0 spiro atoms. The zero-order valence-electron chi connectivity index (χ0n) is 12.6. The molecule has 1 heterocycles. The normalized spacial score (nSPS) is 16.2. The van der Waals surface area contributed by atoms with Crippen molar-refractivity contribution < 1.29 is 18.0 Å². The number of halogens is 3. The van der Waals surface area contributed by atoms with E-state index in [2.05, 4.69) is 10.6 Å². The van der Waals surface area contributed by atoms with Crippen LogP contribution in [-0.4, -0.2) is 10.2 Å². The monoisotopic (exact) mass is 380 g/mol. The van der Waals surface area contributed by atoms with Crippen molar-refractivity contribution in [2.45, 2.75) is 6.18 Å². The van der Waals surface area contributed by atoms with E-state index in [1.54, 1.807) is 36.4 Å². The molecule has 3 nitrogen and oxygen atoms in total. The summed E-state index contributed by atoms with van der Waals surface area (Å²) in [5, 5.41) is 5.49. The van der Waals surface area contributed by atoms with Gasteiger partial charge in [0.25, 0.3) is 5.91 Å². The molecule has 1 saturated heterocycles. The minimum absolute atomic E-state index is 0.288. The second-order valence-corrected chi connectivity index (χ2v) is 6.86. The smallest absolute Gasteiger partial charge is 0.355 e. The van der Waals surface area contributed by atoms with Gasteiger partial charge in [0.1, 0.15) is 4.32 Å². The maximum atomic E-state index is 12.8. The maximum Gasteiger partial charge on any atom is 0.416 e. The Bertz CT molecular complexity index is 878. The van der Waals surface area contributed by atoms with Crippen LogP contribution >= 0.6 is 24.0 Å². The van der Waals surface area contributed by atoms with Crippen molar-refractivity contribution in [3.63, 3.8) is 0 Å². The second kappa shape index (κ2) is 6.89. The standard InChI is InChI=1S/C17H11F3N2OS2/c18-17(19,20)11-5-3-6-12(9-11)21-13-7-2-1-4-10(13)8-14-15(23)22-16(24)25-14/h1-9,21H,(H,22,23,24). The number of anilines is 2. The summed E-state index contributed by atoms with van der Waals surface area (Å²) in [6.45, 7) is 0. The third-order valence-corrected chi connectivity index (χ3v) is 4.52. The van der Waals surface area contributed by atoms with E-state index < -0.39 is 11.7 Å². The Hall–Kier alpha value is -2.32. The zero-order valence-corrected chi connectivity index (χ0v) is 14.2. The molecule has 1 amide bonds. The van der Waals surface area contributed by atoms with Crippen LogP contribution in [0.3, 0.4) is 0 Å². The average molecular weight is 380 g/mol. The zero-order chi connectivity index (χ0) is 18.0. The van der Waals surface area contributed by atoms with Crippen LogP contribution in [-0.2, 0) is 11.0 Å². The average Bonchev–Trinajstić information content (AvgIpc) is 2.86. The number of rotatable bonds is 3. The minimum Gasteiger partial charge on any atom is -0.355 e. The minimum atomic E-state index is -4.41. The van der Waals surface area contributed by atoms with E-state index in [0.29, 0.717) is 26.2 Å². The second-order valence-electron chi connectivity index (χ2n) is 5.14. The van der Waals surface area contributed by atoms with Crippen molar-refractivity contribution in [1.29, 1.82) is 0 Å². The first-order chi connectivity index (χ1) is 11.8. The number of thioether (sulfide) groups is 1. The van der Waals surface area contributed by atoms with Crippen LogP contribution in [0.25, 0.3) is 6.08 Å². The molecule has 0 radical (unpaired) electrons. The number of para-hydroxylation sites is 1. The van der Waals surface area contributed by atoms with E-state index in [1.807, 2.05) is 0 Å². The summed E-state index contributed by atoms with van der Waals surface area (Å²) in [4.78, 5) is 12.2. The van der Waals surface area contributed by atoms with Gasteiger partial charge >= 0.3 is 6.18 Å². The Morgan fingerprint density at radius 1 is 1.12 bits per heavy atom. The Kier molecular flexibility index (Phi) is 4.82. The highest BCUT2D eigenvalue weighted by Crippen LogP contribution is 2.33. The lowest BCUT2D eigenvalue weighted by Gasteiger charge is -2.12. The van der Waals surface area contributed by atoms with Crippen LogP contribution in [0.1, 0.15) is 11.1 Å². The number of thiocarbonyl (C=S) groups is 1. The topological polar surface area (TPSA) is 41.1 Å². The molecule has 0 unspecified atom stereocenters. The predicted molar refractivity (Wildman–Crippen MR) is 97.5 cm³/mol. The Morgan fingerprint density at radius 2 is 1.88 bits per heavy atom. The van der Waals surface area contributed by atoms with Crippen LogP contribution in [0.2, 0.25) is 0 Å². The Labute approximate surface area is 151 Å². The fourth-order valence-electron chi connectivity index (χ4n) is 2.23. The lowest BCUT2D eigenvalue weighted by Crippen LogP contribution is -2.17. The highest BCUT2D eigenvalue weighted by atomic mass is 32.2. The molecule has 128 valence electrons. The molecule has 1 aliphatic heterocycles. The number of carbonyl (C=O) groups is 1. The van der Waals surface area contributed by atoms with E-state index in [1.165, 1.54) is 6.07 Å². The number of carbonyl (C=O) groups excluding carboxylic acids is 1. The number of alkyl halides is 3. The van der Waals surface area contributed by atoms with Gasteiger partial charge in [0.15, 0.2) is 0 Å². The van der Waals surface area contributed by atoms with Crippen LogP contribution in [0, 0.1) is 0 Å². The maximum absolute atomic E-state index is 12.8. The van der Waals surface area contributed by atoms with Crippen molar-refractivity contribution in [2.75, 3.05) is 5.32 Å². The van der Waals surface area contributed by atoms with Crippen molar-refractivity contribution in [1.82, 2.24) is 5.32 Å². The molecule has 2 N–H and O–H groups in total. The number of amides is 1. The van der Waals surface area contributed by atoms with Crippen molar-refractivity contribution in [3.8, 4) is 0 Å².